The minimum Gasteiger partial charge on any atom is -0.311 e. The van der Waals surface area contributed by atoms with Crippen LogP contribution in [0.1, 0.15) is 43.6 Å². The van der Waals surface area contributed by atoms with Crippen LogP contribution >= 0.6 is 11.3 Å². The molecule has 2 rings (SSSR count). The van der Waals surface area contributed by atoms with Crippen molar-refractivity contribution in [3.8, 4) is 0 Å². The lowest BCUT2D eigenvalue weighted by Gasteiger charge is -2.42. The molecule has 1 fully saturated rings. The summed E-state index contributed by atoms with van der Waals surface area (Å²) in [5.41, 5.74) is 0.317. The number of hydrogen-bond acceptors (Lipinski definition) is 4. The van der Waals surface area contributed by atoms with Crippen LogP contribution in [0.3, 0.4) is 0 Å². The van der Waals surface area contributed by atoms with Crippen molar-refractivity contribution in [2.24, 2.45) is 5.41 Å². The van der Waals surface area contributed by atoms with Crippen LogP contribution in [0.2, 0.25) is 0 Å². The highest BCUT2D eigenvalue weighted by Gasteiger charge is 2.31. The zero-order valence-corrected chi connectivity index (χ0v) is 13.0. The van der Waals surface area contributed by atoms with E-state index < -0.39 is 0 Å². The molecule has 0 amide bonds. The molecule has 1 aromatic rings. The summed E-state index contributed by atoms with van der Waals surface area (Å²) in [6, 6.07) is 1.01. The summed E-state index contributed by atoms with van der Waals surface area (Å²) < 4.78 is 0. The Bertz CT molecular complexity index is 394. The first-order chi connectivity index (χ1) is 8.38. The predicted octanol–water partition coefficient (Wildman–Crippen LogP) is 2.83. The fourth-order valence-electron chi connectivity index (χ4n) is 2.43. The van der Waals surface area contributed by atoms with E-state index in [0.29, 0.717) is 17.5 Å². The fourth-order valence-corrected chi connectivity index (χ4v) is 3.29. The van der Waals surface area contributed by atoms with Crippen LogP contribution in [0.15, 0.2) is 6.20 Å². The standard InChI is InChI=1S/C14H25N3S/c1-10-8-16-13(18-10)11(2)17-7-6-15-12(9-17)14(3,4)5/h8,11-12,15H,6-7,9H2,1-5H3. The van der Waals surface area contributed by atoms with Gasteiger partial charge in [-0.1, -0.05) is 20.8 Å². The molecule has 4 heteroatoms. The molecule has 0 aliphatic carbocycles. The zero-order chi connectivity index (χ0) is 13.3. The maximum Gasteiger partial charge on any atom is 0.110 e. The van der Waals surface area contributed by atoms with E-state index in [1.807, 2.05) is 17.5 Å². The van der Waals surface area contributed by atoms with Crippen LogP contribution < -0.4 is 5.32 Å². The number of aryl methyl sites for hydroxylation is 1. The Morgan fingerprint density at radius 3 is 2.78 bits per heavy atom. The van der Waals surface area contributed by atoms with Gasteiger partial charge in [-0.2, -0.15) is 0 Å². The third-order valence-electron chi connectivity index (χ3n) is 3.80. The number of rotatable bonds is 2. The second-order valence-electron chi connectivity index (χ2n) is 6.35. The average Bonchev–Trinajstić information content (AvgIpc) is 2.74. The van der Waals surface area contributed by atoms with Gasteiger partial charge >= 0.3 is 0 Å². The van der Waals surface area contributed by atoms with Crippen molar-refractivity contribution in [2.45, 2.75) is 46.7 Å². The van der Waals surface area contributed by atoms with Gasteiger partial charge in [0.2, 0.25) is 0 Å². The van der Waals surface area contributed by atoms with Gasteiger partial charge in [0.05, 0.1) is 6.04 Å². The molecule has 1 saturated heterocycles. The molecule has 1 aromatic heterocycles. The number of aromatic nitrogens is 1. The van der Waals surface area contributed by atoms with Crippen molar-refractivity contribution in [1.82, 2.24) is 15.2 Å². The Hall–Kier alpha value is -0.450. The van der Waals surface area contributed by atoms with Crippen molar-refractivity contribution in [3.05, 3.63) is 16.1 Å². The molecule has 3 nitrogen and oxygen atoms in total. The molecule has 0 bridgehead atoms. The Balaban J connectivity index is 2.05. The molecule has 1 N–H and O–H groups in total. The molecule has 0 radical (unpaired) electrons. The summed E-state index contributed by atoms with van der Waals surface area (Å²) in [4.78, 5) is 8.40. The molecular formula is C14H25N3S. The third-order valence-corrected chi connectivity index (χ3v) is 4.88. The largest absolute Gasteiger partial charge is 0.311 e. The number of hydrogen-bond donors (Lipinski definition) is 1. The lowest BCUT2D eigenvalue weighted by molar-refractivity contribution is 0.104. The minimum absolute atomic E-state index is 0.317. The summed E-state index contributed by atoms with van der Waals surface area (Å²) in [6.45, 7) is 14.7. The number of thiazole rings is 1. The highest BCUT2D eigenvalue weighted by molar-refractivity contribution is 7.11. The first-order valence-electron chi connectivity index (χ1n) is 6.77. The van der Waals surface area contributed by atoms with Gasteiger partial charge in [0.25, 0.3) is 0 Å². The van der Waals surface area contributed by atoms with Crippen LogP contribution in [0.4, 0.5) is 0 Å². The van der Waals surface area contributed by atoms with E-state index in [9.17, 15) is 0 Å². The van der Waals surface area contributed by atoms with E-state index in [1.54, 1.807) is 0 Å². The van der Waals surface area contributed by atoms with E-state index >= 15 is 0 Å². The molecule has 2 heterocycles. The number of piperazine rings is 1. The average molecular weight is 267 g/mol. The second kappa shape index (κ2) is 5.27. The first kappa shape index (κ1) is 14.0. The Kier molecular flexibility index (Phi) is 4.09. The highest BCUT2D eigenvalue weighted by atomic mass is 32.1. The van der Waals surface area contributed by atoms with Gasteiger partial charge in [0.1, 0.15) is 5.01 Å². The second-order valence-corrected chi connectivity index (χ2v) is 7.62. The Morgan fingerprint density at radius 2 is 2.22 bits per heavy atom. The molecule has 102 valence electrons. The summed E-state index contributed by atoms with van der Waals surface area (Å²) in [6.07, 6.45) is 1.99. The third kappa shape index (κ3) is 3.11. The SMILES string of the molecule is Cc1cnc(C(C)N2CCNC(C(C)(C)C)C2)s1. The van der Waals surface area contributed by atoms with Gasteiger partial charge in [-0.15, -0.1) is 11.3 Å². The van der Waals surface area contributed by atoms with Crippen LogP contribution in [-0.2, 0) is 0 Å². The lowest BCUT2D eigenvalue weighted by Crippen LogP contribution is -2.56. The molecule has 18 heavy (non-hydrogen) atoms. The maximum atomic E-state index is 4.53. The van der Waals surface area contributed by atoms with Gasteiger partial charge in [-0.05, 0) is 19.3 Å². The minimum atomic E-state index is 0.317. The van der Waals surface area contributed by atoms with Crippen molar-refractivity contribution in [1.29, 1.82) is 0 Å². The highest BCUT2D eigenvalue weighted by Crippen LogP contribution is 2.28. The number of nitrogens with zero attached hydrogens (tertiary/aromatic N) is 2. The Labute approximate surface area is 115 Å². The van der Waals surface area contributed by atoms with Crippen molar-refractivity contribution in [3.63, 3.8) is 0 Å². The summed E-state index contributed by atoms with van der Waals surface area (Å²) in [5, 5.41) is 4.89. The van der Waals surface area contributed by atoms with Crippen molar-refractivity contribution >= 4 is 11.3 Å². The zero-order valence-electron chi connectivity index (χ0n) is 12.2. The number of nitrogens with one attached hydrogen (secondary N) is 1. The normalized spacial score (nSPS) is 24.2. The van der Waals surface area contributed by atoms with Crippen LogP contribution in [0.5, 0.6) is 0 Å². The predicted molar refractivity (Wildman–Crippen MR) is 78.1 cm³/mol. The molecule has 0 saturated carbocycles. The van der Waals surface area contributed by atoms with Crippen LogP contribution in [-0.4, -0.2) is 35.6 Å². The van der Waals surface area contributed by atoms with Gasteiger partial charge in [0.15, 0.2) is 0 Å². The molecule has 0 aromatic carbocycles. The van der Waals surface area contributed by atoms with E-state index in [0.717, 1.165) is 19.6 Å². The van der Waals surface area contributed by atoms with Gasteiger partial charge < -0.3 is 5.32 Å². The molecule has 0 spiro atoms. The molecule has 1 aliphatic rings. The van der Waals surface area contributed by atoms with E-state index in [2.05, 4.69) is 49.8 Å². The molecular weight excluding hydrogens is 242 g/mol. The summed E-state index contributed by atoms with van der Waals surface area (Å²) in [7, 11) is 0. The van der Waals surface area contributed by atoms with E-state index in [1.165, 1.54) is 9.88 Å². The monoisotopic (exact) mass is 267 g/mol. The van der Waals surface area contributed by atoms with Crippen molar-refractivity contribution in [2.75, 3.05) is 19.6 Å². The van der Waals surface area contributed by atoms with Crippen LogP contribution in [0, 0.1) is 12.3 Å². The van der Waals surface area contributed by atoms with Gasteiger partial charge in [0, 0.05) is 36.8 Å². The molecule has 1 aliphatic heterocycles. The lowest BCUT2D eigenvalue weighted by atomic mass is 9.85. The maximum absolute atomic E-state index is 4.53. The van der Waals surface area contributed by atoms with Crippen molar-refractivity contribution < 1.29 is 0 Å². The van der Waals surface area contributed by atoms with E-state index in [-0.39, 0.29) is 0 Å². The van der Waals surface area contributed by atoms with Gasteiger partial charge in [-0.25, -0.2) is 4.98 Å². The van der Waals surface area contributed by atoms with Crippen LogP contribution in [0.25, 0.3) is 0 Å². The van der Waals surface area contributed by atoms with E-state index in [4.69, 9.17) is 0 Å². The summed E-state index contributed by atoms with van der Waals surface area (Å²) in [5.74, 6) is 0. The quantitative estimate of drug-likeness (QED) is 0.893. The smallest absolute Gasteiger partial charge is 0.110 e. The van der Waals surface area contributed by atoms with Gasteiger partial charge in [-0.3, -0.25) is 4.90 Å². The molecule has 2 unspecified atom stereocenters. The topological polar surface area (TPSA) is 28.2 Å². The summed E-state index contributed by atoms with van der Waals surface area (Å²) >= 11 is 1.83. The first-order valence-corrected chi connectivity index (χ1v) is 7.59. The molecule has 2 atom stereocenters. The fraction of sp³-hybridized carbons (Fsp3) is 0.786. The Morgan fingerprint density at radius 1 is 1.50 bits per heavy atom.